The Morgan fingerprint density at radius 2 is 1.81 bits per heavy atom. The van der Waals surface area contributed by atoms with Crippen molar-refractivity contribution in [2.24, 2.45) is 5.92 Å². The summed E-state index contributed by atoms with van der Waals surface area (Å²) >= 11 is 3.40. The third kappa shape index (κ3) is 5.34. The van der Waals surface area contributed by atoms with Crippen LogP contribution in [-0.2, 0) is 10.0 Å². The van der Waals surface area contributed by atoms with Gasteiger partial charge >= 0.3 is 0 Å². The molecule has 6 heteroatoms. The van der Waals surface area contributed by atoms with Crippen LogP contribution in [0.25, 0.3) is 0 Å². The first-order valence-electron chi connectivity index (χ1n) is 7.14. The van der Waals surface area contributed by atoms with Crippen LogP contribution in [0.3, 0.4) is 0 Å². The van der Waals surface area contributed by atoms with Crippen molar-refractivity contribution in [2.45, 2.75) is 44.9 Å². The number of sulfonamides is 1. The standard InChI is InChI=1S/C15H23BrFNO2S/c1-4-5-13(6-7-16)10-18-21(19,20)15-11(2)8-14(17)9-12(15)3/h8-9,13,18H,4-7,10H2,1-3H3. The molecule has 0 saturated heterocycles. The van der Waals surface area contributed by atoms with E-state index in [1.165, 1.54) is 12.1 Å². The quantitative estimate of drug-likeness (QED) is 0.695. The van der Waals surface area contributed by atoms with Crippen LogP contribution >= 0.6 is 15.9 Å². The molecule has 0 fully saturated rings. The maximum Gasteiger partial charge on any atom is 0.241 e. The minimum Gasteiger partial charge on any atom is -0.211 e. The first kappa shape index (κ1) is 18.6. The highest BCUT2D eigenvalue weighted by Crippen LogP contribution is 2.22. The number of nitrogens with one attached hydrogen (secondary N) is 1. The molecule has 0 heterocycles. The second-order valence-electron chi connectivity index (χ2n) is 5.35. The topological polar surface area (TPSA) is 46.2 Å². The van der Waals surface area contributed by atoms with Gasteiger partial charge in [-0.2, -0.15) is 0 Å². The Kier molecular flexibility index (Phi) is 7.30. The molecular formula is C15H23BrFNO2S. The van der Waals surface area contributed by atoms with Gasteiger partial charge in [0.15, 0.2) is 0 Å². The highest BCUT2D eigenvalue weighted by atomic mass is 79.9. The molecule has 1 rings (SSSR count). The normalized spacial score (nSPS) is 13.4. The van der Waals surface area contributed by atoms with Crippen molar-refractivity contribution in [1.82, 2.24) is 4.72 Å². The molecule has 120 valence electrons. The van der Waals surface area contributed by atoms with Gasteiger partial charge in [0.05, 0.1) is 4.90 Å². The first-order valence-corrected chi connectivity index (χ1v) is 9.74. The van der Waals surface area contributed by atoms with Crippen LogP contribution < -0.4 is 4.72 Å². The molecule has 3 nitrogen and oxygen atoms in total. The van der Waals surface area contributed by atoms with Crippen molar-refractivity contribution in [2.75, 3.05) is 11.9 Å². The molecule has 21 heavy (non-hydrogen) atoms. The Hall–Kier alpha value is -0.460. The van der Waals surface area contributed by atoms with Crippen molar-refractivity contribution in [3.05, 3.63) is 29.1 Å². The van der Waals surface area contributed by atoms with Gasteiger partial charge in [0.1, 0.15) is 5.82 Å². The number of hydrogen-bond acceptors (Lipinski definition) is 2. The van der Waals surface area contributed by atoms with Crippen LogP contribution in [0.5, 0.6) is 0 Å². The molecule has 0 aliphatic heterocycles. The number of alkyl halides is 1. The molecule has 1 atom stereocenters. The second kappa shape index (κ2) is 8.25. The van der Waals surface area contributed by atoms with Gasteiger partial charge < -0.3 is 0 Å². The summed E-state index contributed by atoms with van der Waals surface area (Å²) in [6, 6.07) is 2.51. The zero-order valence-electron chi connectivity index (χ0n) is 12.7. The molecule has 0 radical (unpaired) electrons. The Morgan fingerprint density at radius 3 is 2.29 bits per heavy atom. The van der Waals surface area contributed by atoms with Crippen LogP contribution in [0.15, 0.2) is 17.0 Å². The summed E-state index contributed by atoms with van der Waals surface area (Å²) in [7, 11) is -3.60. The summed E-state index contributed by atoms with van der Waals surface area (Å²) in [5, 5.41) is 0.855. The molecular weight excluding hydrogens is 357 g/mol. The van der Waals surface area contributed by atoms with Crippen LogP contribution in [0, 0.1) is 25.6 Å². The van der Waals surface area contributed by atoms with E-state index in [0.717, 1.165) is 24.6 Å². The molecule has 0 bridgehead atoms. The number of rotatable bonds is 8. The van der Waals surface area contributed by atoms with Gasteiger partial charge in [-0.15, -0.1) is 0 Å². The minimum atomic E-state index is -3.60. The van der Waals surface area contributed by atoms with Crippen LogP contribution in [0.1, 0.15) is 37.3 Å². The van der Waals surface area contributed by atoms with Gasteiger partial charge in [-0.05, 0) is 55.9 Å². The molecule has 1 aromatic rings. The molecule has 0 spiro atoms. The minimum absolute atomic E-state index is 0.193. The van der Waals surface area contributed by atoms with Crippen molar-refractivity contribution < 1.29 is 12.8 Å². The number of benzene rings is 1. The fourth-order valence-corrected chi connectivity index (χ4v) is 4.74. The number of hydrogen-bond donors (Lipinski definition) is 1. The average Bonchev–Trinajstić information content (AvgIpc) is 2.35. The summed E-state index contributed by atoms with van der Waals surface area (Å²) in [5.41, 5.74) is 0.875. The molecule has 0 aliphatic carbocycles. The largest absolute Gasteiger partial charge is 0.241 e. The maximum absolute atomic E-state index is 13.3. The highest BCUT2D eigenvalue weighted by Gasteiger charge is 2.21. The average molecular weight is 380 g/mol. The van der Waals surface area contributed by atoms with Crippen molar-refractivity contribution in [3.63, 3.8) is 0 Å². The lowest BCUT2D eigenvalue weighted by molar-refractivity contribution is 0.458. The van der Waals surface area contributed by atoms with E-state index in [4.69, 9.17) is 0 Å². The van der Waals surface area contributed by atoms with Crippen LogP contribution in [0.4, 0.5) is 4.39 Å². The van der Waals surface area contributed by atoms with E-state index in [1.54, 1.807) is 13.8 Å². The van der Waals surface area contributed by atoms with Crippen molar-refractivity contribution in [1.29, 1.82) is 0 Å². The second-order valence-corrected chi connectivity index (χ2v) is 7.85. The van der Waals surface area contributed by atoms with Crippen molar-refractivity contribution in [3.8, 4) is 0 Å². The predicted molar refractivity (Wildman–Crippen MR) is 87.9 cm³/mol. The van der Waals surface area contributed by atoms with Gasteiger partial charge in [-0.1, -0.05) is 29.3 Å². The zero-order valence-corrected chi connectivity index (χ0v) is 15.2. The molecule has 1 aromatic carbocycles. The van der Waals surface area contributed by atoms with Gasteiger partial charge in [0.25, 0.3) is 0 Å². The van der Waals surface area contributed by atoms with Gasteiger partial charge in [0, 0.05) is 11.9 Å². The van der Waals surface area contributed by atoms with Crippen LogP contribution in [-0.4, -0.2) is 20.3 Å². The highest BCUT2D eigenvalue weighted by molar-refractivity contribution is 9.09. The fraction of sp³-hybridized carbons (Fsp3) is 0.600. The number of halogens is 2. The third-order valence-corrected chi connectivity index (χ3v) is 5.66. The molecule has 1 unspecified atom stereocenters. The van der Waals surface area contributed by atoms with Gasteiger partial charge in [-0.25, -0.2) is 17.5 Å². The van der Waals surface area contributed by atoms with Gasteiger partial charge in [-0.3, -0.25) is 0 Å². The molecule has 0 aliphatic rings. The summed E-state index contributed by atoms with van der Waals surface area (Å²) < 4.78 is 40.9. The summed E-state index contributed by atoms with van der Waals surface area (Å²) in [6.07, 6.45) is 2.93. The molecule has 1 N–H and O–H groups in total. The first-order chi connectivity index (χ1) is 9.81. The van der Waals surface area contributed by atoms with E-state index < -0.39 is 15.8 Å². The molecule has 0 aromatic heterocycles. The maximum atomic E-state index is 13.3. The molecule has 0 saturated carbocycles. The predicted octanol–water partition coefficient (Wildman–Crippen LogP) is 3.92. The van der Waals surface area contributed by atoms with Gasteiger partial charge in [0.2, 0.25) is 10.0 Å². The Labute approximate surface area is 135 Å². The van der Waals surface area contributed by atoms with E-state index in [-0.39, 0.29) is 4.90 Å². The Bertz CT molecular complexity index is 546. The monoisotopic (exact) mass is 379 g/mol. The fourth-order valence-electron chi connectivity index (χ4n) is 2.53. The smallest absolute Gasteiger partial charge is 0.211 e. The van der Waals surface area contributed by atoms with Crippen molar-refractivity contribution >= 4 is 26.0 Å². The summed E-state index contributed by atoms with van der Waals surface area (Å²) in [6.45, 7) is 5.74. The lowest BCUT2D eigenvalue weighted by Crippen LogP contribution is -2.30. The van der Waals surface area contributed by atoms with E-state index in [2.05, 4.69) is 27.6 Å². The lowest BCUT2D eigenvalue weighted by atomic mass is 10.0. The zero-order chi connectivity index (χ0) is 16.0. The molecule has 0 amide bonds. The van der Waals surface area contributed by atoms with E-state index >= 15 is 0 Å². The summed E-state index contributed by atoms with van der Waals surface area (Å²) in [4.78, 5) is 0.193. The Balaban J connectivity index is 2.92. The lowest BCUT2D eigenvalue weighted by Gasteiger charge is -2.17. The summed E-state index contributed by atoms with van der Waals surface area (Å²) in [5.74, 6) is -0.0997. The number of aryl methyl sites for hydroxylation is 2. The van der Waals surface area contributed by atoms with Crippen LogP contribution in [0.2, 0.25) is 0 Å². The third-order valence-electron chi connectivity index (χ3n) is 3.47. The van der Waals surface area contributed by atoms with E-state index in [0.29, 0.717) is 23.6 Å². The van der Waals surface area contributed by atoms with E-state index in [9.17, 15) is 12.8 Å². The van der Waals surface area contributed by atoms with E-state index in [1.807, 2.05) is 0 Å². The Morgan fingerprint density at radius 1 is 1.24 bits per heavy atom. The SMILES string of the molecule is CCCC(CCBr)CNS(=O)(=O)c1c(C)cc(F)cc1C.